The third kappa shape index (κ3) is 8.10. The first-order valence-electron chi connectivity index (χ1n) is 13.5. The first kappa shape index (κ1) is 31.0. The van der Waals surface area contributed by atoms with Crippen LogP contribution in [0.3, 0.4) is 0 Å². The largest absolute Gasteiger partial charge is 0.305 e. The van der Waals surface area contributed by atoms with Crippen LogP contribution < -0.4 is 0 Å². The molecular formula is C37H30IrN5-. The van der Waals surface area contributed by atoms with Crippen LogP contribution >= 0.6 is 0 Å². The fraction of sp³-hybridized carbons (Fsp3) is 0.0541. The van der Waals surface area contributed by atoms with E-state index >= 15 is 0 Å². The van der Waals surface area contributed by atoms with E-state index in [1.807, 2.05) is 117 Å². The smallest absolute Gasteiger partial charge is 0.0900 e. The fourth-order valence-corrected chi connectivity index (χ4v) is 4.18. The second-order valence-corrected chi connectivity index (χ2v) is 9.73. The molecule has 213 valence electrons. The zero-order valence-electron chi connectivity index (χ0n) is 24.0. The van der Waals surface area contributed by atoms with Gasteiger partial charge in [-0.05, 0) is 85.3 Å². The Kier molecular flexibility index (Phi) is 10.7. The second kappa shape index (κ2) is 14.8. The number of benzene rings is 1. The average molecular weight is 737 g/mol. The van der Waals surface area contributed by atoms with E-state index in [0.29, 0.717) is 0 Å². The molecule has 0 saturated heterocycles. The zero-order valence-corrected chi connectivity index (χ0v) is 26.4. The molecule has 0 aliphatic carbocycles. The van der Waals surface area contributed by atoms with Gasteiger partial charge in [0.15, 0.2) is 0 Å². The third-order valence-corrected chi connectivity index (χ3v) is 6.42. The molecule has 0 atom stereocenters. The van der Waals surface area contributed by atoms with Crippen LogP contribution in [0.15, 0.2) is 135 Å². The summed E-state index contributed by atoms with van der Waals surface area (Å²) in [7, 11) is 0. The summed E-state index contributed by atoms with van der Waals surface area (Å²) in [5.74, 6) is 0. The maximum absolute atomic E-state index is 4.88. The predicted molar refractivity (Wildman–Crippen MR) is 172 cm³/mol. The number of allylic oxidation sites excluding steroid dienone is 2. The zero-order chi connectivity index (χ0) is 29.3. The molecule has 0 amide bonds. The fourth-order valence-electron chi connectivity index (χ4n) is 4.18. The number of rotatable bonds is 6. The van der Waals surface area contributed by atoms with Crippen molar-refractivity contribution in [1.82, 2.24) is 24.9 Å². The molecule has 1 aromatic carbocycles. The maximum atomic E-state index is 4.88. The Morgan fingerprint density at radius 1 is 0.512 bits per heavy atom. The molecule has 6 heteroatoms. The van der Waals surface area contributed by atoms with Gasteiger partial charge in [0.1, 0.15) is 0 Å². The van der Waals surface area contributed by atoms with Crippen LogP contribution in [0.4, 0.5) is 0 Å². The molecule has 0 bridgehead atoms. The molecule has 5 heterocycles. The molecule has 0 N–H and O–H groups in total. The Balaban J connectivity index is 0.000000272. The Morgan fingerprint density at radius 3 is 1.65 bits per heavy atom. The van der Waals surface area contributed by atoms with Crippen molar-refractivity contribution in [3.05, 3.63) is 152 Å². The van der Waals surface area contributed by atoms with Crippen molar-refractivity contribution in [2.24, 2.45) is 0 Å². The SMILES string of the molecule is C=C(C)c1ccnc(-c2cc(C(=C)C)cc(-c3cccc(-c4ccccn4)n3)n2)c1.[Ir].[c-]1ccccc1-c1ccccn1. The Labute approximate surface area is 266 Å². The summed E-state index contributed by atoms with van der Waals surface area (Å²) in [6.45, 7) is 12.1. The van der Waals surface area contributed by atoms with Gasteiger partial charge in [0.05, 0.1) is 34.2 Å². The summed E-state index contributed by atoms with van der Waals surface area (Å²) in [6, 6.07) is 36.5. The summed E-state index contributed by atoms with van der Waals surface area (Å²) >= 11 is 0. The summed E-state index contributed by atoms with van der Waals surface area (Å²) < 4.78 is 0. The van der Waals surface area contributed by atoms with Gasteiger partial charge >= 0.3 is 0 Å². The van der Waals surface area contributed by atoms with E-state index in [-0.39, 0.29) is 20.1 Å². The number of aromatic nitrogens is 5. The van der Waals surface area contributed by atoms with Crippen LogP contribution in [0.2, 0.25) is 0 Å². The number of hydrogen-bond acceptors (Lipinski definition) is 5. The third-order valence-electron chi connectivity index (χ3n) is 6.42. The second-order valence-electron chi connectivity index (χ2n) is 9.73. The molecule has 1 radical (unpaired) electrons. The summed E-state index contributed by atoms with van der Waals surface area (Å²) in [5, 5.41) is 0. The van der Waals surface area contributed by atoms with Gasteiger partial charge in [-0.25, -0.2) is 9.97 Å². The van der Waals surface area contributed by atoms with Crippen molar-refractivity contribution < 1.29 is 20.1 Å². The Bertz CT molecular complexity index is 1780. The van der Waals surface area contributed by atoms with E-state index in [0.717, 1.165) is 67.7 Å². The molecule has 6 rings (SSSR count). The molecule has 0 aliphatic heterocycles. The van der Waals surface area contributed by atoms with Crippen LogP contribution in [0.1, 0.15) is 25.0 Å². The van der Waals surface area contributed by atoms with Gasteiger partial charge in [-0.1, -0.05) is 48.6 Å². The summed E-state index contributed by atoms with van der Waals surface area (Å²) in [5.41, 5.74) is 10.7. The first-order valence-corrected chi connectivity index (χ1v) is 13.5. The molecule has 43 heavy (non-hydrogen) atoms. The van der Waals surface area contributed by atoms with Gasteiger partial charge in [-0.2, -0.15) is 0 Å². The average Bonchev–Trinajstić information content (AvgIpc) is 3.06. The topological polar surface area (TPSA) is 64.5 Å². The van der Waals surface area contributed by atoms with Crippen LogP contribution in [0.25, 0.3) is 56.6 Å². The van der Waals surface area contributed by atoms with Gasteiger partial charge in [-0.15, -0.1) is 35.9 Å². The molecule has 6 aromatic rings. The van der Waals surface area contributed by atoms with Crippen LogP contribution in [0, 0.1) is 6.07 Å². The van der Waals surface area contributed by atoms with E-state index in [1.165, 1.54) is 0 Å². The molecule has 0 saturated carbocycles. The van der Waals surface area contributed by atoms with Crippen molar-refractivity contribution in [1.29, 1.82) is 0 Å². The Morgan fingerprint density at radius 2 is 1.05 bits per heavy atom. The van der Waals surface area contributed by atoms with Gasteiger partial charge < -0.3 is 4.98 Å². The van der Waals surface area contributed by atoms with Crippen molar-refractivity contribution in [3.8, 4) is 45.4 Å². The minimum Gasteiger partial charge on any atom is -0.305 e. The maximum Gasteiger partial charge on any atom is 0.0900 e. The molecule has 0 unspecified atom stereocenters. The van der Waals surface area contributed by atoms with Crippen molar-refractivity contribution >= 4 is 11.1 Å². The molecule has 0 spiro atoms. The van der Waals surface area contributed by atoms with Crippen molar-refractivity contribution in [2.45, 2.75) is 13.8 Å². The van der Waals surface area contributed by atoms with Gasteiger partial charge in [0, 0.05) is 38.7 Å². The van der Waals surface area contributed by atoms with Crippen LogP contribution in [0.5, 0.6) is 0 Å². The van der Waals surface area contributed by atoms with Crippen LogP contribution in [-0.2, 0) is 20.1 Å². The molecule has 0 aliphatic rings. The van der Waals surface area contributed by atoms with Gasteiger partial charge in [-0.3, -0.25) is 9.97 Å². The van der Waals surface area contributed by atoms with Crippen LogP contribution in [-0.4, -0.2) is 24.9 Å². The van der Waals surface area contributed by atoms with Gasteiger partial charge in [0.25, 0.3) is 0 Å². The summed E-state index contributed by atoms with van der Waals surface area (Å²) in [6.07, 6.45) is 5.34. The standard InChI is InChI=1S/C26H22N4.C11H8N.Ir/c1-17(2)19-11-13-28-24(14-19)26-16-20(18(3)4)15-25(30-26)23-10-7-9-22(29-23)21-8-5-6-12-27-21;1-2-6-10(7-3-1)11-8-4-5-9-12-11;/h5-16H,1,3H2,2,4H3;1-6,8-9H;/q;-1;. The van der Waals surface area contributed by atoms with E-state index in [9.17, 15) is 0 Å². The molecular weight excluding hydrogens is 707 g/mol. The van der Waals surface area contributed by atoms with E-state index < -0.39 is 0 Å². The molecule has 5 nitrogen and oxygen atoms in total. The van der Waals surface area contributed by atoms with Crippen molar-refractivity contribution in [2.75, 3.05) is 0 Å². The quantitative estimate of drug-likeness (QED) is 0.160. The number of nitrogens with zero attached hydrogens (tertiary/aromatic N) is 5. The number of hydrogen-bond donors (Lipinski definition) is 0. The summed E-state index contributed by atoms with van der Waals surface area (Å²) in [4.78, 5) is 22.8. The predicted octanol–water partition coefficient (Wildman–Crippen LogP) is 8.88. The normalized spacial score (nSPS) is 10.1. The van der Waals surface area contributed by atoms with E-state index in [4.69, 9.17) is 9.97 Å². The molecule has 0 fully saturated rings. The van der Waals surface area contributed by atoms with Gasteiger partial charge in [0.2, 0.25) is 0 Å². The number of pyridine rings is 5. The molecule has 5 aromatic heterocycles. The van der Waals surface area contributed by atoms with Crippen molar-refractivity contribution in [3.63, 3.8) is 0 Å². The minimum absolute atomic E-state index is 0. The monoisotopic (exact) mass is 737 g/mol. The minimum atomic E-state index is 0. The van der Waals surface area contributed by atoms with E-state index in [1.54, 1.807) is 18.6 Å². The van der Waals surface area contributed by atoms with E-state index in [2.05, 4.69) is 34.2 Å². The first-order chi connectivity index (χ1) is 20.5. The Hall–Kier alpha value is -4.90.